The Balaban J connectivity index is 1.69. The molecule has 9 heteroatoms. The second-order valence-corrected chi connectivity index (χ2v) is 7.58. The molecule has 170 valence electrons. The molecule has 1 N–H and O–H groups in total. The third-order valence-corrected chi connectivity index (χ3v) is 5.54. The number of hydrogen-bond donors (Lipinski definition) is 1. The van der Waals surface area contributed by atoms with Crippen molar-refractivity contribution in [3.05, 3.63) is 78.0 Å². The van der Waals surface area contributed by atoms with E-state index in [0.29, 0.717) is 24.3 Å². The number of carbonyl (C=O) groups is 3. The maximum atomic E-state index is 13.4. The molecule has 2 aromatic rings. The Morgan fingerprint density at radius 3 is 2.27 bits per heavy atom. The monoisotopic (exact) mass is 447 g/mol. The molecule has 0 bridgehead atoms. The van der Waals surface area contributed by atoms with Crippen molar-refractivity contribution in [3.8, 4) is 0 Å². The number of amides is 2. The van der Waals surface area contributed by atoms with Gasteiger partial charge in [0.15, 0.2) is 5.70 Å². The molecule has 0 aliphatic carbocycles. The zero-order valence-corrected chi connectivity index (χ0v) is 18.3. The minimum Gasteiger partial charge on any atom is -0.345 e. The summed E-state index contributed by atoms with van der Waals surface area (Å²) in [6.07, 6.45) is 1.31. The van der Waals surface area contributed by atoms with Gasteiger partial charge in [0.05, 0.1) is 5.69 Å². The first-order valence-electron chi connectivity index (χ1n) is 10.8. The zero-order valence-electron chi connectivity index (χ0n) is 18.3. The normalized spacial score (nSPS) is 18.5. The Bertz CT molecular complexity index is 1080. The van der Waals surface area contributed by atoms with Crippen LogP contribution in [0.25, 0.3) is 0 Å². The van der Waals surface area contributed by atoms with Gasteiger partial charge < -0.3 is 14.6 Å². The first-order chi connectivity index (χ1) is 16.1. The van der Waals surface area contributed by atoms with Gasteiger partial charge in [0.1, 0.15) is 5.71 Å². The van der Waals surface area contributed by atoms with Gasteiger partial charge in [-0.3, -0.25) is 9.59 Å². The molecular weight excluding hydrogens is 422 g/mol. The van der Waals surface area contributed by atoms with E-state index in [-0.39, 0.29) is 11.4 Å². The van der Waals surface area contributed by atoms with Crippen molar-refractivity contribution < 1.29 is 19.2 Å². The third-order valence-electron chi connectivity index (χ3n) is 5.54. The number of nitrogens with one attached hydrogen (secondary N) is 1. The van der Waals surface area contributed by atoms with Crippen LogP contribution in [0.5, 0.6) is 0 Å². The number of benzene rings is 2. The van der Waals surface area contributed by atoms with Crippen molar-refractivity contribution in [2.45, 2.75) is 6.92 Å². The van der Waals surface area contributed by atoms with E-state index in [9.17, 15) is 14.4 Å². The van der Waals surface area contributed by atoms with Crippen LogP contribution in [0.1, 0.15) is 17.3 Å². The van der Waals surface area contributed by atoms with Gasteiger partial charge in [0.25, 0.3) is 11.8 Å². The molecular formula is C24H25N5O4. The predicted molar refractivity (Wildman–Crippen MR) is 123 cm³/mol. The van der Waals surface area contributed by atoms with Gasteiger partial charge in [-0.25, -0.2) is 14.8 Å². The van der Waals surface area contributed by atoms with Crippen molar-refractivity contribution in [1.29, 1.82) is 0 Å². The van der Waals surface area contributed by atoms with E-state index in [0.717, 1.165) is 19.6 Å². The molecule has 2 heterocycles. The average molecular weight is 447 g/mol. The molecule has 2 aromatic carbocycles. The standard InChI is InChI=1S/C24H25N5O4/c1-2-27-13-15-28(16-14-27)23(31)20(25-22(30)18-9-5-3-6-10-18)17-21-24(32)33-26-29(21)19-11-7-4-8-12-19/h3-12,17,26H,2,13-16H2,1H3/b21-17+,25-20?. The number of piperazine rings is 1. The van der Waals surface area contributed by atoms with Gasteiger partial charge >= 0.3 is 5.97 Å². The lowest BCUT2D eigenvalue weighted by Crippen LogP contribution is -2.50. The molecule has 2 aliphatic heterocycles. The minimum absolute atomic E-state index is 0.0568. The smallest absolute Gasteiger partial charge is 0.345 e. The van der Waals surface area contributed by atoms with Crippen molar-refractivity contribution >= 4 is 29.2 Å². The largest absolute Gasteiger partial charge is 0.376 e. The SMILES string of the molecule is CCN1CCN(C(=O)C(/C=C2\C(=O)ONN2c2ccccc2)=NC(=O)c2ccccc2)CC1. The Hall–Kier alpha value is -3.82. The Labute approximate surface area is 191 Å². The van der Waals surface area contributed by atoms with Crippen LogP contribution in [-0.4, -0.2) is 66.0 Å². The van der Waals surface area contributed by atoms with E-state index < -0.39 is 17.8 Å². The first kappa shape index (κ1) is 22.4. The summed E-state index contributed by atoms with van der Waals surface area (Å²) in [6, 6.07) is 17.5. The molecule has 0 spiro atoms. The van der Waals surface area contributed by atoms with E-state index in [4.69, 9.17) is 4.84 Å². The van der Waals surface area contributed by atoms with Crippen LogP contribution in [0.3, 0.4) is 0 Å². The van der Waals surface area contributed by atoms with E-state index in [2.05, 4.69) is 22.4 Å². The molecule has 0 atom stereocenters. The van der Waals surface area contributed by atoms with Crippen molar-refractivity contribution in [2.24, 2.45) is 4.99 Å². The fourth-order valence-corrected chi connectivity index (χ4v) is 3.63. The van der Waals surface area contributed by atoms with E-state index >= 15 is 0 Å². The number of likely N-dealkylation sites (N-methyl/N-ethyl adjacent to an activating group) is 1. The van der Waals surface area contributed by atoms with E-state index in [1.807, 2.05) is 18.2 Å². The number of hydrazine groups is 1. The summed E-state index contributed by atoms with van der Waals surface area (Å²) < 4.78 is 0. The fourth-order valence-electron chi connectivity index (χ4n) is 3.63. The highest BCUT2D eigenvalue weighted by Gasteiger charge is 2.32. The Kier molecular flexibility index (Phi) is 6.92. The highest BCUT2D eigenvalue weighted by molar-refractivity contribution is 6.45. The molecule has 2 saturated heterocycles. The molecule has 0 saturated carbocycles. The van der Waals surface area contributed by atoms with Crippen LogP contribution in [0, 0.1) is 0 Å². The van der Waals surface area contributed by atoms with Crippen LogP contribution in [-0.2, 0) is 14.4 Å². The summed E-state index contributed by atoms with van der Waals surface area (Å²) in [5.41, 5.74) is 3.46. The van der Waals surface area contributed by atoms with Gasteiger partial charge in [-0.2, -0.15) is 0 Å². The molecule has 2 amide bonds. The van der Waals surface area contributed by atoms with Gasteiger partial charge in [-0.05, 0) is 30.8 Å². The van der Waals surface area contributed by atoms with Crippen LogP contribution < -0.4 is 10.6 Å². The number of carbonyl (C=O) groups excluding carboxylic acids is 3. The number of rotatable bonds is 5. The van der Waals surface area contributed by atoms with Crippen molar-refractivity contribution in [3.63, 3.8) is 0 Å². The fraction of sp³-hybridized carbons (Fsp3) is 0.250. The summed E-state index contributed by atoms with van der Waals surface area (Å²) in [6.45, 7) is 5.48. The number of hydrogen-bond acceptors (Lipinski definition) is 7. The molecule has 0 radical (unpaired) electrons. The number of para-hydroxylation sites is 1. The van der Waals surface area contributed by atoms with Crippen LogP contribution in [0.15, 0.2) is 77.4 Å². The molecule has 33 heavy (non-hydrogen) atoms. The van der Waals surface area contributed by atoms with Crippen LogP contribution in [0.4, 0.5) is 5.69 Å². The van der Waals surface area contributed by atoms with Gasteiger partial charge in [-0.1, -0.05) is 48.9 Å². The highest BCUT2D eigenvalue weighted by atomic mass is 16.7. The lowest BCUT2D eigenvalue weighted by molar-refractivity contribution is -0.140. The summed E-state index contributed by atoms with van der Waals surface area (Å²) in [5.74, 6) is -1.65. The van der Waals surface area contributed by atoms with Crippen molar-refractivity contribution in [1.82, 2.24) is 15.4 Å². The van der Waals surface area contributed by atoms with Crippen LogP contribution in [0.2, 0.25) is 0 Å². The first-order valence-corrected chi connectivity index (χ1v) is 10.8. The lowest BCUT2D eigenvalue weighted by Gasteiger charge is -2.34. The third kappa shape index (κ3) is 5.16. The van der Waals surface area contributed by atoms with E-state index in [1.54, 1.807) is 47.4 Å². The highest BCUT2D eigenvalue weighted by Crippen LogP contribution is 2.22. The van der Waals surface area contributed by atoms with Gasteiger partial charge in [0.2, 0.25) is 0 Å². The molecule has 2 fully saturated rings. The molecule has 9 nitrogen and oxygen atoms in total. The minimum atomic E-state index is -0.678. The van der Waals surface area contributed by atoms with E-state index in [1.165, 1.54) is 11.1 Å². The maximum Gasteiger partial charge on any atom is 0.376 e. The number of aliphatic imine (C=N–C) groups is 1. The molecule has 0 unspecified atom stereocenters. The topological polar surface area (TPSA) is 94.6 Å². The quantitative estimate of drug-likeness (QED) is 0.552. The summed E-state index contributed by atoms with van der Waals surface area (Å²) in [5, 5.41) is 1.41. The summed E-state index contributed by atoms with van der Waals surface area (Å²) in [7, 11) is 0. The Morgan fingerprint density at radius 1 is 1.00 bits per heavy atom. The number of nitrogens with zero attached hydrogens (tertiary/aromatic N) is 4. The zero-order chi connectivity index (χ0) is 23.2. The molecule has 0 aromatic heterocycles. The Morgan fingerprint density at radius 2 is 1.64 bits per heavy atom. The second-order valence-electron chi connectivity index (χ2n) is 7.58. The van der Waals surface area contributed by atoms with Crippen LogP contribution >= 0.6 is 0 Å². The summed E-state index contributed by atoms with van der Waals surface area (Å²) >= 11 is 0. The number of anilines is 1. The molecule has 4 rings (SSSR count). The second kappa shape index (κ2) is 10.2. The van der Waals surface area contributed by atoms with Gasteiger partial charge in [-0.15, -0.1) is 0 Å². The lowest BCUT2D eigenvalue weighted by atomic mass is 10.2. The van der Waals surface area contributed by atoms with Gasteiger partial charge in [0, 0.05) is 37.8 Å². The predicted octanol–water partition coefficient (Wildman–Crippen LogP) is 1.80. The van der Waals surface area contributed by atoms with Crippen molar-refractivity contribution in [2.75, 3.05) is 37.7 Å². The maximum absolute atomic E-state index is 13.4. The summed E-state index contributed by atoms with van der Waals surface area (Å²) in [4.78, 5) is 51.6. The average Bonchev–Trinajstić information content (AvgIpc) is 3.24. The molecule has 2 aliphatic rings.